The molecule has 0 aliphatic heterocycles. The summed E-state index contributed by atoms with van der Waals surface area (Å²) in [7, 11) is 0. The summed E-state index contributed by atoms with van der Waals surface area (Å²) in [6.45, 7) is 2.89. The predicted octanol–water partition coefficient (Wildman–Crippen LogP) is 2.05. The molecule has 1 aliphatic rings. The largest absolute Gasteiger partial charge is 0.412 e. The molecule has 3 atom stereocenters. The van der Waals surface area contributed by atoms with Crippen LogP contribution in [0.4, 0.5) is 5.69 Å². The Labute approximate surface area is 138 Å². The third-order valence-corrected chi connectivity index (χ3v) is 3.90. The molecule has 1 aliphatic carbocycles. The second-order valence-corrected chi connectivity index (χ2v) is 5.22. The van der Waals surface area contributed by atoms with Gasteiger partial charge in [0.2, 0.25) is 5.91 Å². The predicted molar refractivity (Wildman–Crippen MR) is 90.0 cm³/mol. The van der Waals surface area contributed by atoms with Crippen LogP contribution in [-0.2, 0) is 4.79 Å². The van der Waals surface area contributed by atoms with Gasteiger partial charge in [-0.3, -0.25) is 9.78 Å². The second-order valence-electron chi connectivity index (χ2n) is 5.22. The minimum atomic E-state index is 0. The van der Waals surface area contributed by atoms with E-state index in [1.807, 2.05) is 12.1 Å². The number of carbonyl (C=O) groups is 1. The highest BCUT2D eigenvalue weighted by Crippen LogP contribution is 2.33. The molecule has 0 saturated heterocycles. The number of halogens is 2. The van der Waals surface area contributed by atoms with Gasteiger partial charge in [0.25, 0.3) is 0 Å². The molecule has 0 radical (unpaired) electrons. The maximum Gasteiger partial charge on any atom is 0.227 e. The fourth-order valence-corrected chi connectivity index (χ4v) is 2.78. The smallest absolute Gasteiger partial charge is 0.227 e. The Morgan fingerprint density at radius 2 is 1.95 bits per heavy atom. The summed E-state index contributed by atoms with van der Waals surface area (Å²) in [5.41, 5.74) is 6.53. The Morgan fingerprint density at radius 3 is 2.48 bits per heavy atom. The van der Waals surface area contributed by atoms with Crippen LogP contribution in [0.25, 0.3) is 0 Å². The van der Waals surface area contributed by atoms with Crippen LogP contribution in [-0.4, -0.2) is 22.9 Å². The molecule has 1 saturated carbocycles. The number of pyridine rings is 1. The van der Waals surface area contributed by atoms with Gasteiger partial charge in [-0.1, -0.05) is 6.92 Å². The number of hydrogen-bond donors (Lipinski definition) is 2. The Bertz CT molecular complexity index is 406. The Balaban J connectivity index is 0. The highest BCUT2D eigenvalue weighted by Gasteiger charge is 2.31. The van der Waals surface area contributed by atoms with Crippen molar-refractivity contribution in [2.45, 2.75) is 26.2 Å². The Hall–Kier alpha value is -0.880. The van der Waals surface area contributed by atoms with Crippen molar-refractivity contribution in [2.24, 2.45) is 23.5 Å². The lowest BCUT2D eigenvalue weighted by molar-refractivity contribution is -0.122. The number of nitrogens with zero attached hydrogens (tertiary/aromatic N) is 1. The van der Waals surface area contributed by atoms with Gasteiger partial charge in [0, 0.05) is 24.0 Å². The van der Waals surface area contributed by atoms with Gasteiger partial charge in [0.1, 0.15) is 0 Å². The Kier molecular flexibility index (Phi) is 11.5. The molecule has 1 fully saturated rings. The van der Waals surface area contributed by atoms with E-state index in [0.29, 0.717) is 11.8 Å². The van der Waals surface area contributed by atoms with Crippen LogP contribution in [0.1, 0.15) is 26.2 Å². The SMILES string of the molecule is C[C@@H]1C[C@@H](CN)CC[C@@H]1C(=O)Nc1ccncc1.Cl.Cl.O. The van der Waals surface area contributed by atoms with E-state index in [0.717, 1.165) is 31.5 Å². The molecule has 2 rings (SSSR count). The van der Waals surface area contributed by atoms with Gasteiger partial charge in [0.05, 0.1) is 0 Å². The quantitative estimate of drug-likeness (QED) is 0.882. The van der Waals surface area contributed by atoms with E-state index in [4.69, 9.17) is 5.73 Å². The van der Waals surface area contributed by atoms with Crippen molar-refractivity contribution >= 4 is 36.4 Å². The van der Waals surface area contributed by atoms with Crippen LogP contribution < -0.4 is 11.1 Å². The zero-order chi connectivity index (χ0) is 13.0. The van der Waals surface area contributed by atoms with Crippen LogP contribution in [0.3, 0.4) is 0 Å². The molecular weight excluding hydrogens is 313 g/mol. The molecule has 5 nitrogen and oxygen atoms in total. The first-order valence-corrected chi connectivity index (χ1v) is 6.61. The average Bonchev–Trinajstić information content (AvgIpc) is 2.39. The highest BCUT2D eigenvalue weighted by molar-refractivity contribution is 5.92. The molecule has 1 aromatic rings. The lowest BCUT2D eigenvalue weighted by atomic mass is 9.74. The fraction of sp³-hybridized carbons (Fsp3) is 0.571. The van der Waals surface area contributed by atoms with Crippen LogP contribution in [0.2, 0.25) is 0 Å². The second kappa shape index (κ2) is 10.8. The first kappa shape index (κ1) is 22.4. The number of nitrogens with two attached hydrogens (primary N) is 1. The number of nitrogens with one attached hydrogen (secondary N) is 1. The zero-order valence-electron chi connectivity index (χ0n) is 12.1. The maximum atomic E-state index is 12.2. The van der Waals surface area contributed by atoms with E-state index in [2.05, 4.69) is 17.2 Å². The lowest BCUT2D eigenvalue weighted by Crippen LogP contribution is -2.35. The van der Waals surface area contributed by atoms with Crippen LogP contribution >= 0.6 is 24.8 Å². The van der Waals surface area contributed by atoms with E-state index in [1.54, 1.807) is 12.4 Å². The number of aromatic nitrogens is 1. The maximum absolute atomic E-state index is 12.2. The van der Waals surface area contributed by atoms with Gasteiger partial charge in [-0.25, -0.2) is 0 Å². The van der Waals surface area contributed by atoms with Crippen molar-refractivity contribution < 1.29 is 10.3 Å². The zero-order valence-corrected chi connectivity index (χ0v) is 13.8. The lowest BCUT2D eigenvalue weighted by Gasteiger charge is -2.32. The summed E-state index contributed by atoms with van der Waals surface area (Å²) in [6.07, 6.45) is 6.44. The van der Waals surface area contributed by atoms with Gasteiger partial charge >= 0.3 is 0 Å². The summed E-state index contributed by atoms with van der Waals surface area (Å²) >= 11 is 0. The van der Waals surface area contributed by atoms with Crippen molar-refractivity contribution in [3.8, 4) is 0 Å². The number of rotatable bonds is 3. The summed E-state index contributed by atoms with van der Waals surface area (Å²) in [4.78, 5) is 16.1. The molecule has 1 heterocycles. The average molecular weight is 338 g/mol. The van der Waals surface area contributed by atoms with E-state index in [9.17, 15) is 4.79 Å². The highest BCUT2D eigenvalue weighted by atomic mass is 35.5. The molecule has 0 bridgehead atoms. The minimum absolute atomic E-state index is 0. The van der Waals surface area contributed by atoms with E-state index in [-0.39, 0.29) is 42.1 Å². The first-order valence-electron chi connectivity index (χ1n) is 6.61. The van der Waals surface area contributed by atoms with E-state index < -0.39 is 0 Å². The van der Waals surface area contributed by atoms with Crippen LogP contribution in [0, 0.1) is 17.8 Å². The standard InChI is InChI=1S/C14H21N3O.2ClH.H2O/c1-10-8-11(9-15)2-3-13(10)14(18)17-12-4-6-16-7-5-12;;;/h4-7,10-11,13H,2-3,8-9,15H2,1H3,(H,16,17,18);2*1H;1H2/t10-,11+,13+;;;/m1.../s1. The number of anilines is 1. The van der Waals surface area contributed by atoms with E-state index in [1.165, 1.54) is 0 Å². The normalized spacial score (nSPS) is 23.8. The summed E-state index contributed by atoms with van der Waals surface area (Å²) in [5.74, 6) is 1.24. The number of amides is 1. The molecule has 0 spiro atoms. The topological polar surface area (TPSA) is 99.5 Å². The molecule has 1 amide bonds. The van der Waals surface area contributed by atoms with Gasteiger partial charge in [0.15, 0.2) is 0 Å². The van der Waals surface area contributed by atoms with E-state index >= 15 is 0 Å². The van der Waals surface area contributed by atoms with Crippen LogP contribution in [0.5, 0.6) is 0 Å². The third kappa shape index (κ3) is 6.18. The summed E-state index contributed by atoms with van der Waals surface area (Å²) in [6, 6.07) is 3.63. The third-order valence-electron chi connectivity index (χ3n) is 3.90. The summed E-state index contributed by atoms with van der Waals surface area (Å²) < 4.78 is 0. The van der Waals surface area contributed by atoms with Crippen molar-refractivity contribution in [1.29, 1.82) is 0 Å². The minimum Gasteiger partial charge on any atom is -0.412 e. The van der Waals surface area contributed by atoms with Crippen molar-refractivity contribution in [3.05, 3.63) is 24.5 Å². The number of hydrogen-bond acceptors (Lipinski definition) is 3. The van der Waals surface area contributed by atoms with Crippen molar-refractivity contribution in [3.63, 3.8) is 0 Å². The molecule has 21 heavy (non-hydrogen) atoms. The molecule has 7 heteroatoms. The Morgan fingerprint density at radius 1 is 1.33 bits per heavy atom. The monoisotopic (exact) mass is 337 g/mol. The van der Waals surface area contributed by atoms with Gasteiger partial charge in [-0.15, -0.1) is 24.8 Å². The van der Waals surface area contributed by atoms with Crippen molar-refractivity contribution in [2.75, 3.05) is 11.9 Å². The summed E-state index contributed by atoms with van der Waals surface area (Å²) in [5, 5.41) is 2.96. The molecule has 0 unspecified atom stereocenters. The van der Waals surface area contributed by atoms with Gasteiger partial charge < -0.3 is 16.5 Å². The molecule has 1 aromatic heterocycles. The molecular formula is C14H25Cl2N3O2. The first-order chi connectivity index (χ1) is 8.70. The van der Waals surface area contributed by atoms with Gasteiger partial charge in [-0.05, 0) is 49.8 Å². The fourth-order valence-electron chi connectivity index (χ4n) is 2.78. The van der Waals surface area contributed by atoms with Crippen molar-refractivity contribution in [1.82, 2.24) is 4.98 Å². The molecule has 122 valence electrons. The van der Waals surface area contributed by atoms with Gasteiger partial charge in [-0.2, -0.15) is 0 Å². The van der Waals surface area contributed by atoms with Crippen LogP contribution in [0.15, 0.2) is 24.5 Å². The molecule has 5 N–H and O–H groups in total. The number of carbonyl (C=O) groups excluding carboxylic acids is 1. The molecule has 0 aromatic carbocycles.